The van der Waals surface area contributed by atoms with Crippen LogP contribution in [0.2, 0.25) is 0 Å². The Labute approximate surface area is 454 Å². The molecule has 26 nitrogen and oxygen atoms in total. The van der Waals surface area contributed by atoms with Gasteiger partial charge in [0.05, 0.1) is 31.3 Å². The van der Waals surface area contributed by atoms with Gasteiger partial charge in [0.2, 0.25) is 6.29 Å². The topological polar surface area (TPSA) is 420 Å². The summed E-state index contributed by atoms with van der Waals surface area (Å²) in [6.45, 7) is 5.80. The molecule has 1 aromatic carbocycles. The maximum atomic E-state index is 14.8. The zero-order valence-electron chi connectivity index (χ0n) is 43.8. The Balaban J connectivity index is 0.968. The maximum absolute atomic E-state index is 14.8. The minimum atomic E-state index is -2.05. The average molecular weight is 1130 g/mol. The summed E-state index contributed by atoms with van der Waals surface area (Å²) in [6.07, 6.45) is -33.6. The van der Waals surface area contributed by atoms with E-state index in [-0.39, 0.29) is 23.7 Å². The van der Waals surface area contributed by atoms with Crippen LogP contribution in [-0.2, 0) is 58.7 Å². The van der Waals surface area contributed by atoms with Gasteiger partial charge < -0.3 is 115 Å². The molecule has 4 heterocycles. The zero-order valence-corrected chi connectivity index (χ0v) is 43.8. The van der Waals surface area contributed by atoms with Crippen molar-refractivity contribution in [1.29, 1.82) is 0 Å². The van der Waals surface area contributed by atoms with Gasteiger partial charge in [0, 0.05) is 12.3 Å². The Morgan fingerprint density at radius 2 is 1.22 bits per heavy atom. The minimum absolute atomic E-state index is 0.135. The lowest BCUT2D eigenvalue weighted by atomic mass is 9.41. The highest BCUT2D eigenvalue weighted by molar-refractivity contribution is 5.87. The van der Waals surface area contributed by atoms with E-state index in [0.717, 1.165) is 5.57 Å². The number of nitrogens with one attached hydrogen (secondary N) is 1. The summed E-state index contributed by atoms with van der Waals surface area (Å²) in [5, 5.41) is 153. The van der Waals surface area contributed by atoms with Crippen LogP contribution in [0.1, 0.15) is 70.8 Å². The number of hydrogen-bond acceptors (Lipinski definition) is 24. The number of rotatable bonds is 16. The number of amides is 1. The Morgan fingerprint density at radius 1 is 0.658 bits per heavy atom. The van der Waals surface area contributed by atoms with Crippen molar-refractivity contribution in [3.05, 3.63) is 48.0 Å². The molecule has 4 saturated carbocycles. The number of carbonyl (C=O) groups is 3. The van der Waals surface area contributed by atoms with Crippen molar-refractivity contribution in [3.8, 4) is 0 Å². The third kappa shape index (κ3) is 11.0. The second-order valence-corrected chi connectivity index (χ2v) is 23.5. The van der Waals surface area contributed by atoms with Crippen molar-refractivity contribution in [1.82, 2.24) is 5.32 Å². The van der Waals surface area contributed by atoms with Crippen molar-refractivity contribution in [2.45, 2.75) is 207 Å². The second-order valence-electron chi connectivity index (χ2n) is 23.5. The molecule has 1 amide bonds. The molecule has 15 N–H and O–H groups in total. The number of ether oxygens (including phenoxy) is 8. The first-order valence-corrected chi connectivity index (χ1v) is 27.1. The lowest BCUT2D eigenvalue weighted by Gasteiger charge is -2.64. The summed E-state index contributed by atoms with van der Waals surface area (Å²) >= 11 is 0. The van der Waals surface area contributed by atoms with Crippen LogP contribution in [0.5, 0.6) is 0 Å². The predicted octanol–water partition coefficient (Wildman–Crippen LogP) is -4.44. The van der Waals surface area contributed by atoms with Crippen molar-refractivity contribution in [2.24, 2.45) is 34.0 Å². The summed E-state index contributed by atoms with van der Waals surface area (Å²) in [5.74, 6) is -4.26. The Morgan fingerprint density at radius 3 is 1.81 bits per heavy atom. The molecule has 2 bridgehead atoms. The normalized spacial score (nSPS) is 48.3. The zero-order chi connectivity index (χ0) is 57.2. The van der Waals surface area contributed by atoms with Crippen molar-refractivity contribution >= 4 is 17.8 Å². The molecular formula is C53H77NO25. The summed E-state index contributed by atoms with van der Waals surface area (Å²) in [4.78, 5) is 40.6. The summed E-state index contributed by atoms with van der Waals surface area (Å²) in [7, 11) is 0. The van der Waals surface area contributed by atoms with Crippen LogP contribution >= 0.6 is 0 Å². The fourth-order valence-corrected chi connectivity index (χ4v) is 14.7. The first-order chi connectivity index (χ1) is 37.4. The molecule has 1 aromatic rings. The van der Waals surface area contributed by atoms with Gasteiger partial charge in [0.1, 0.15) is 97.6 Å². The minimum Gasteiger partial charge on any atom is -0.480 e. The van der Waals surface area contributed by atoms with Gasteiger partial charge >= 0.3 is 11.9 Å². The van der Waals surface area contributed by atoms with Crippen molar-refractivity contribution in [2.75, 3.05) is 19.8 Å². The maximum Gasteiger partial charge on any atom is 0.326 e. The number of fused-ring (bicyclic) bond motifs is 3. The van der Waals surface area contributed by atoms with Gasteiger partial charge in [0.15, 0.2) is 25.0 Å². The number of carbonyl (C=O) groups excluding carboxylic acids is 2. The van der Waals surface area contributed by atoms with E-state index in [9.17, 15) is 85.9 Å². The highest BCUT2D eigenvalue weighted by Gasteiger charge is 2.68. The largest absolute Gasteiger partial charge is 0.480 e. The first kappa shape index (κ1) is 60.2. The molecule has 8 aliphatic rings. The van der Waals surface area contributed by atoms with Crippen LogP contribution in [0.4, 0.5) is 0 Å². The predicted molar refractivity (Wildman–Crippen MR) is 262 cm³/mol. The number of aliphatic hydroxyl groups is 13. The Kier molecular flexibility index (Phi) is 18.0. The van der Waals surface area contributed by atoms with E-state index in [4.69, 9.17) is 37.9 Å². The van der Waals surface area contributed by atoms with E-state index in [1.54, 1.807) is 37.3 Å². The average Bonchev–Trinajstić information content (AvgIpc) is 3.71. The van der Waals surface area contributed by atoms with Crippen LogP contribution in [0.3, 0.4) is 0 Å². The van der Waals surface area contributed by atoms with Crippen LogP contribution in [0, 0.1) is 34.0 Å². The van der Waals surface area contributed by atoms with Crippen molar-refractivity contribution < 1.29 is 124 Å². The monoisotopic (exact) mass is 1130 g/mol. The molecule has 0 aromatic heterocycles. The number of carboxylic acids is 1. The molecule has 28 atom stereocenters. The fourth-order valence-electron chi connectivity index (χ4n) is 14.7. The molecule has 26 heteroatoms. The molecule has 0 radical (unpaired) electrons. The molecule has 1 spiro atoms. The number of aliphatic carboxylic acids is 1. The van der Waals surface area contributed by atoms with E-state index >= 15 is 0 Å². The van der Waals surface area contributed by atoms with Crippen LogP contribution in [-0.4, -0.2) is 244 Å². The number of esters is 1. The molecule has 8 fully saturated rings. The van der Waals surface area contributed by atoms with Gasteiger partial charge in [-0.15, -0.1) is 0 Å². The molecule has 79 heavy (non-hydrogen) atoms. The van der Waals surface area contributed by atoms with Gasteiger partial charge in [0.25, 0.3) is 5.91 Å². The van der Waals surface area contributed by atoms with Crippen LogP contribution in [0.15, 0.2) is 42.5 Å². The SMILES string of the molecule is C=C1CC23CCC4[C@](C)(C(=O)OC5O[C@H](C(=O)N[C@H](Cc6ccccc6)C(=O)O)[C@@H](O)[C@H](O)[C@H]5O)CCC[C@@]4(C)[C@@H]2CC(O[C@@H]2O[C@H](CO)[C@@H](O)C(O[C@@H]4O[C@H](CO)[C@@H](O)[C@H](O)[C@H]4O)[C@H]2O[C@@H]2O[C@H](CO)[C@@H](O)[C@H](O)[C@H]2O)C1C3. The lowest BCUT2D eigenvalue weighted by Crippen LogP contribution is -2.67. The molecule has 444 valence electrons. The first-order valence-electron chi connectivity index (χ1n) is 27.1. The van der Waals surface area contributed by atoms with Crippen molar-refractivity contribution in [3.63, 3.8) is 0 Å². The number of aliphatic hydroxyl groups excluding tert-OH is 13. The second kappa shape index (κ2) is 23.7. The van der Waals surface area contributed by atoms with Crippen LogP contribution in [0.25, 0.3) is 0 Å². The quantitative estimate of drug-likeness (QED) is 0.0422. The number of carboxylic acid groups (broad SMARTS) is 1. The van der Waals surface area contributed by atoms with E-state index in [0.29, 0.717) is 56.9 Å². The highest BCUT2D eigenvalue weighted by atomic mass is 16.8. The van der Waals surface area contributed by atoms with Gasteiger partial charge in [-0.3, -0.25) is 9.59 Å². The van der Waals surface area contributed by atoms with E-state index in [1.807, 2.05) is 0 Å². The number of hydrogen-bond donors (Lipinski definition) is 15. The molecular weight excluding hydrogens is 1050 g/mol. The molecule has 4 saturated heterocycles. The third-order valence-electron chi connectivity index (χ3n) is 18.9. The molecule has 9 rings (SSSR count). The van der Waals surface area contributed by atoms with E-state index < -0.39 is 189 Å². The van der Waals surface area contributed by atoms with E-state index in [2.05, 4.69) is 18.8 Å². The summed E-state index contributed by atoms with van der Waals surface area (Å²) < 4.78 is 48.6. The summed E-state index contributed by atoms with van der Waals surface area (Å²) in [6, 6.07) is 6.96. The van der Waals surface area contributed by atoms with Gasteiger partial charge in [-0.05, 0) is 80.1 Å². The lowest BCUT2D eigenvalue weighted by molar-refractivity contribution is -0.397. The molecule has 6 unspecified atom stereocenters. The van der Waals surface area contributed by atoms with Gasteiger partial charge in [-0.2, -0.15) is 0 Å². The Hall–Kier alpha value is -3.43. The summed E-state index contributed by atoms with van der Waals surface area (Å²) in [5.41, 5.74) is -0.808. The standard InChI is InChI=1S/C53H77NO25/c1-21-16-53-13-10-29-51(2,11-7-12-52(29,3)50(71)79-48-40(67)36(63)37(64)42(77-48)44(68)54-24(45(69)70)14-22-8-5-4-6-9-22)30(53)15-25(23(21)17-53)72-49-43(78-47-39(66)35(62)32(59)27(19-56)74-47)41(33(60)28(20-57)75-49)76-46-38(65)34(61)31(58)26(18-55)73-46/h4-6,8-9,23-43,46-49,55-67H,1,7,10-20H2,2-3H3,(H,54,68)(H,69,70)/t23?,24-,25?,26-,27-,28-,29?,30+,31-,32-,33-,34+,35+,36+,37+,38-,39-,40-,41?,42+,43-,46+,47+,48?,49-,51-,52-,53?/m1/s1. The van der Waals surface area contributed by atoms with Gasteiger partial charge in [-0.1, -0.05) is 55.8 Å². The smallest absolute Gasteiger partial charge is 0.326 e. The Bertz CT molecular complexity index is 2320. The third-order valence-corrected chi connectivity index (χ3v) is 18.9. The molecule has 4 aliphatic carbocycles. The van der Waals surface area contributed by atoms with Gasteiger partial charge in [-0.25, -0.2) is 4.79 Å². The fraction of sp³-hybridized carbons (Fsp3) is 0.792. The molecule has 4 aliphatic heterocycles. The van der Waals surface area contributed by atoms with E-state index in [1.165, 1.54) is 0 Å². The highest BCUT2D eigenvalue weighted by Crippen LogP contribution is 2.72. The van der Waals surface area contributed by atoms with Crippen LogP contribution < -0.4 is 5.32 Å². The number of benzene rings is 1.